The van der Waals surface area contributed by atoms with E-state index in [0.717, 1.165) is 38.2 Å². The van der Waals surface area contributed by atoms with E-state index >= 15 is 0 Å². The number of imidazole rings is 1. The van der Waals surface area contributed by atoms with Gasteiger partial charge >= 0.3 is 0 Å². The minimum Gasteiger partial charge on any atom is -0.345 e. The first kappa shape index (κ1) is 14.5. The fourth-order valence-electron chi connectivity index (χ4n) is 3.73. The zero-order valence-electron chi connectivity index (χ0n) is 13.8. The van der Waals surface area contributed by atoms with Crippen molar-refractivity contribution in [1.29, 1.82) is 0 Å². The first-order valence-electron chi connectivity index (χ1n) is 8.55. The molecule has 1 aliphatic carbocycles. The molecule has 1 unspecified atom stereocenters. The van der Waals surface area contributed by atoms with Crippen LogP contribution in [-0.4, -0.2) is 20.8 Å². The predicted octanol–water partition coefficient (Wildman–Crippen LogP) is 3.18. The highest BCUT2D eigenvalue weighted by Gasteiger charge is 2.32. The lowest BCUT2D eigenvalue weighted by Crippen LogP contribution is -2.35. The first-order valence-corrected chi connectivity index (χ1v) is 8.55. The minimum atomic E-state index is 0.0947. The summed E-state index contributed by atoms with van der Waals surface area (Å²) in [6.45, 7) is 5.82. The first-order chi connectivity index (χ1) is 11.1. The van der Waals surface area contributed by atoms with Crippen LogP contribution in [0, 0.1) is 5.92 Å². The smallest absolute Gasteiger partial charge is 0.226 e. The third-order valence-electron chi connectivity index (χ3n) is 5.11. The largest absolute Gasteiger partial charge is 0.345 e. The molecule has 4 heteroatoms. The summed E-state index contributed by atoms with van der Waals surface area (Å²) in [4.78, 5) is 23.1. The molecule has 1 atom stereocenters. The van der Waals surface area contributed by atoms with Gasteiger partial charge in [0, 0.05) is 37.0 Å². The van der Waals surface area contributed by atoms with Gasteiger partial charge in [-0.1, -0.05) is 38.1 Å². The Morgan fingerprint density at radius 3 is 2.61 bits per heavy atom. The molecule has 120 valence electrons. The highest BCUT2D eigenvalue weighted by molar-refractivity contribution is 5.80. The molecule has 0 fully saturated rings. The van der Waals surface area contributed by atoms with Crippen LogP contribution in [0.5, 0.6) is 0 Å². The molecule has 4 nitrogen and oxygen atoms in total. The lowest BCUT2D eigenvalue weighted by Gasteiger charge is -2.25. The number of amides is 1. The van der Waals surface area contributed by atoms with Crippen molar-refractivity contribution in [3.63, 3.8) is 0 Å². The number of carbonyl (C=O) groups is 1. The Bertz CT molecular complexity index is 722. The molecule has 1 aromatic heterocycles. The molecule has 0 spiro atoms. The van der Waals surface area contributed by atoms with Gasteiger partial charge < -0.3 is 9.88 Å². The second-order valence-corrected chi connectivity index (χ2v) is 7.10. The van der Waals surface area contributed by atoms with Gasteiger partial charge in [-0.3, -0.25) is 4.79 Å². The van der Waals surface area contributed by atoms with E-state index in [1.165, 1.54) is 22.5 Å². The van der Waals surface area contributed by atoms with Gasteiger partial charge in [0.1, 0.15) is 5.82 Å². The summed E-state index contributed by atoms with van der Waals surface area (Å²) in [6.07, 6.45) is 2.64. The van der Waals surface area contributed by atoms with Gasteiger partial charge in [0.05, 0.1) is 5.69 Å². The van der Waals surface area contributed by atoms with E-state index in [1.54, 1.807) is 0 Å². The summed E-state index contributed by atoms with van der Waals surface area (Å²) in [5.74, 6) is 1.85. The summed E-state index contributed by atoms with van der Waals surface area (Å²) in [5, 5.41) is 0. The van der Waals surface area contributed by atoms with Gasteiger partial charge in [-0.05, 0) is 24.0 Å². The number of nitrogens with one attached hydrogen (secondary N) is 1. The normalized spacial score (nSPS) is 19.8. The summed E-state index contributed by atoms with van der Waals surface area (Å²) in [5.41, 5.74) is 4.93. The highest BCUT2D eigenvalue weighted by atomic mass is 16.2. The molecular weight excluding hydrogens is 286 g/mol. The average molecular weight is 309 g/mol. The van der Waals surface area contributed by atoms with Crippen molar-refractivity contribution in [2.24, 2.45) is 5.92 Å². The Kier molecular flexibility index (Phi) is 3.47. The molecule has 0 radical (unpaired) electrons. The Hall–Kier alpha value is -2.10. The summed E-state index contributed by atoms with van der Waals surface area (Å²) in [6, 6.07) is 8.37. The minimum absolute atomic E-state index is 0.0947. The van der Waals surface area contributed by atoms with E-state index in [4.69, 9.17) is 4.98 Å². The Labute approximate surface area is 136 Å². The summed E-state index contributed by atoms with van der Waals surface area (Å²) >= 11 is 0. The second-order valence-electron chi connectivity index (χ2n) is 7.10. The van der Waals surface area contributed by atoms with Crippen molar-refractivity contribution in [3.8, 4) is 0 Å². The standard InChI is InChI=1S/C19H23N3O/c1-12(2)18-20-16-8-7-13(9-17(16)21-18)19(23)22-10-14-5-3-4-6-15(14)11-22/h3-6,12-13H,7-11H2,1-2H3,(H,20,21). The SMILES string of the molecule is CC(C)c1nc2c([nH]1)CC(C(=O)N1Cc3ccccc3C1)CC2. The van der Waals surface area contributed by atoms with Crippen molar-refractivity contribution in [3.05, 3.63) is 52.6 Å². The number of hydrogen-bond donors (Lipinski definition) is 1. The number of benzene rings is 1. The zero-order valence-corrected chi connectivity index (χ0v) is 13.8. The van der Waals surface area contributed by atoms with Gasteiger partial charge in [0.15, 0.2) is 0 Å². The van der Waals surface area contributed by atoms with Crippen molar-refractivity contribution in [2.45, 2.75) is 52.1 Å². The van der Waals surface area contributed by atoms with E-state index < -0.39 is 0 Å². The molecule has 2 aromatic rings. The van der Waals surface area contributed by atoms with Gasteiger partial charge in [-0.15, -0.1) is 0 Å². The van der Waals surface area contributed by atoms with E-state index in [1.807, 2.05) is 4.90 Å². The number of fused-ring (bicyclic) bond motifs is 2. The number of carbonyl (C=O) groups excluding carboxylic acids is 1. The molecule has 2 aliphatic rings. The zero-order chi connectivity index (χ0) is 16.0. The monoisotopic (exact) mass is 309 g/mol. The number of rotatable bonds is 2. The molecule has 2 heterocycles. The summed E-state index contributed by atoms with van der Waals surface area (Å²) in [7, 11) is 0. The van der Waals surface area contributed by atoms with Crippen molar-refractivity contribution >= 4 is 5.91 Å². The summed E-state index contributed by atoms with van der Waals surface area (Å²) < 4.78 is 0. The number of nitrogens with zero attached hydrogens (tertiary/aromatic N) is 2. The maximum atomic E-state index is 12.9. The van der Waals surface area contributed by atoms with Crippen LogP contribution in [0.2, 0.25) is 0 Å². The Morgan fingerprint density at radius 2 is 1.96 bits per heavy atom. The molecule has 1 amide bonds. The number of hydrogen-bond acceptors (Lipinski definition) is 2. The average Bonchev–Trinajstić information content (AvgIpc) is 3.17. The maximum absolute atomic E-state index is 12.9. The van der Waals surface area contributed by atoms with Crippen LogP contribution >= 0.6 is 0 Å². The molecular formula is C19H23N3O. The van der Waals surface area contributed by atoms with Gasteiger partial charge in [-0.25, -0.2) is 4.98 Å². The van der Waals surface area contributed by atoms with E-state index in [-0.39, 0.29) is 5.92 Å². The lowest BCUT2D eigenvalue weighted by atomic mass is 9.89. The van der Waals surface area contributed by atoms with Gasteiger partial charge in [0.25, 0.3) is 0 Å². The predicted molar refractivity (Wildman–Crippen MR) is 88.9 cm³/mol. The Morgan fingerprint density at radius 1 is 1.26 bits per heavy atom. The van der Waals surface area contributed by atoms with Crippen molar-refractivity contribution in [2.75, 3.05) is 0 Å². The maximum Gasteiger partial charge on any atom is 0.226 e. The second kappa shape index (κ2) is 5.52. The molecule has 1 aromatic carbocycles. The van der Waals surface area contributed by atoms with Crippen LogP contribution in [0.25, 0.3) is 0 Å². The fourth-order valence-corrected chi connectivity index (χ4v) is 3.73. The van der Waals surface area contributed by atoms with E-state index in [9.17, 15) is 4.79 Å². The van der Waals surface area contributed by atoms with E-state index in [0.29, 0.717) is 11.8 Å². The molecule has 1 N–H and O–H groups in total. The van der Waals surface area contributed by atoms with E-state index in [2.05, 4.69) is 43.1 Å². The van der Waals surface area contributed by atoms with Crippen LogP contribution in [0.3, 0.4) is 0 Å². The number of aromatic amines is 1. The number of aromatic nitrogens is 2. The van der Waals surface area contributed by atoms with Crippen molar-refractivity contribution < 1.29 is 4.79 Å². The topological polar surface area (TPSA) is 49.0 Å². The Balaban J connectivity index is 1.48. The number of aryl methyl sites for hydroxylation is 1. The molecule has 0 saturated heterocycles. The van der Waals surface area contributed by atoms with Crippen LogP contribution in [0.4, 0.5) is 0 Å². The highest BCUT2D eigenvalue weighted by Crippen LogP contribution is 2.30. The van der Waals surface area contributed by atoms with Gasteiger partial charge in [-0.2, -0.15) is 0 Å². The van der Waals surface area contributed by atoms with Crippen molar-refractivity contribution in [1.82, 2.24) is 14.9 Å². The molecule has 0 saturated carbocycles. The third kappa shape index (κ3) is 2.56. The fraction of sp³-hybridized carbons (Fsp3) is 0.474. The quantitative estimate of drug-likeness (QED) is 0.926. The molecule has 4 rings (SSSR count). The lowest BCUT2D eigenvalue weighted by molar-refractivity contribution is -0.136. The van der Waals surface area contributed by atoms with Gasteiger partial charge in [0.2, 0.25) is 5.91 Å². The van der Waals surface area contributed by atoms with Crippen LogP contribution in [0.1, 0.15) is 54.5 Å². The molecule has 1 aliphatic heterocycles. The number of H-pyrrole nitrogens is 1. The third-order valence-corrected chi connectivity index (χ3v) is 5.11. The van der Waals surface area contributed by atoms with Crippen LogP contribution in [0.15, 0.2) is 24.3 Å². The van der Waals surface area contributed by atoms with Crippen LogP contribution in [-0.2, 0) is 30.7 Å². The van der Waals surface area contributed by atoms with Crippen LogP contribution < -0.4 is 0 Å². The molecule has 23 heavy (non-hydrogen) atoms. The molecule has 0 bridgehead atoms.